The van der Waals surface area contributed by atoms with Crippen LogP contribution in [0.15, 0.2) is 30.3 Å². The summed E-state index contributed by atoms with van der Waals surface area (Å²) in [5, 5.41) is 9.26. The van der Waals surface area contributed by atoms with Gasteiger partial charge in [0, 0.05) is 11.6 Å². The Morgan fingerprint density at radius 2 is 1.83 bits per heavy atom. The van der Waals surface area contributed by atoms with Gasteiger partial charge in [0.15, 0.2) is 0 Å². The molecule has 1 aromatic rings. The van der Waals surface area contributed by atoms with E-state index in [-0.39, 0.29) is 23.8 Å². The van der Waals surface area contributed by atoms with Crippen LogP contribution in [0.1, 0.15) is 43.5 Å². The van der Waals surface area contributed by atoms with Crippen LogP contribution in [0.4, 0.5) is 0 Å². The van der Waals surface area contributed by atoms with Crippen LogP contribution in [-0.4, -0.2) is 37.0 Å². The van der Waals surface area contributed by atoms with E-state index < -0.39 is 6.04 Å². The number of benzene rings is 1. The molecular weight excluding hydrogens is 290 g/mol. The standard InChI is InChI=1S/C18H27N3O2/c1-3-13(2)20-18(23)16(14-9-11-19-12-10-14)21-17(22)15-7-5-4-6-8-15/h4-8,13-14,16,19H,3,9-12H2,1-2H3,(H,20,23)(H,21,22). The normalized spacial score (nSPS) is 18.0. The predicted molar refractivity (Wildman–Crippen MR) is 91.2 cm³/mol. The smallest absolute Gasteiger partial charge is 0.251 e. The Morgan fingerprint density at radius 3 is 2.43 bits per heavy atom. The fourth-order valence-electron chi connectivity index (χ4n) is 2.82. The van der Waals surface area contributed by atoms with Gasteiger partial charge in [-0.3, -0.25) is 9.59 Å². The fraction of sp³-hybridized carbons (Fsp3) is 0.556. The maximum Gasteiger partial charge on any atom is 0.251 e. The van der Waals surface area contributed by atoms with Gasteiger partial charge in [0.2, 0.25) is 5.91 Å². The Hall–Kier alpha value is -1.88. The summed E-state index contributed by atoms with van der Waals surface area (Å²) in [6, 6.07) is 8.69. The third-order valence-corrected chi connectivity index (χ3v) is 4.46. The van der Waals surface area contributed by atoms with Gasteiger partial charge in [-0.15, -0.1) is 0 Å². The van der Waals surface area contributed by atoms with Gasteiger partial charge < -0.3 is 16.0 Å². The molecule has 2 atom stereocenters. The molecule has 1 aliphatic rings. The van der Waals surface area contributed by atoms with E-state index in [0.29, 0.717) is 5.56 Å². The van der Waals surface area contributed by atoms with E-state index in [9.17, 15) is 9.59 Å². The van der Waals surface area contributed by atoms with E-state index in [4.69, 9.17) is 0 Å². The van der Waals surface area contributed by atoms with Crippen molar-refractivity contribution in [1.82, 2.24) is 16.0 Å². The molecule has 0 aromatic heterocycles. The highest BCUT2D eigenvalue weighted by molar-refractivity contribution is 5.97. The molecular formula is C18H27N3O2. The average molecular weight is 317 g/mol. The Bertz CT molecular complexity index is 512. The number of rotatable bonds is 6. The molecule has 1 heterocycles. The maximum atomic E-state index is 12.6. The summed E-state index contributed by atoms with van der Waals surface area (Å²) >= 11 is 0. The lowest BCUT2D eigenvalue weighted by molar-refractivity contribution is -0.125. The van der Waals surface area contributed by atoms with E-state index in [2.05, 4.69) is 16.0 Å². The number of hydrogen-bond acceptors (Lipinski definition) is 3. The first-order chi connectivity index (χ1) is 11.1. The second kappa shape index (κ2) is 8.67. The van der Waals surface area contributed by atoms with Crippen molar-refractivity contribution in [2.24, 2.45) is 5.92 Å². The number of carbonyl (C=O) groups is 2. The molecule has 2 amide bonds. The molecule has 1 saturated heterocycles. The molecule has 2 rings (SSSR count). The van der Waals surface area contributed by atoms with Gasteiger partial charge in [0.25, 0.3) is 5.91 Å². The number of carbonyl (C=O) groups excluding carboxylic acids is 2. The maximum absolute atomic E-state index is 12.6. The van der Waals surface area contributed by atoms with Crippen LogP contribution in [0.5, 0.6) is 0 Å². The van der Waals surface area contributed by atoms with E-state index in [1.807, 2.05) is 32.0 Å². The van der Waals surface area contributed by atoms with Gasteiger partial charge in [-0.2, -0.15) is 0 Å². The van der Waals surface area contributed by atoms with E-state index in [0.717, 1.165) is 32.4 Å². The van der Waals surface area contributed by atoms with Gasteiger partial charge in [0.1, 0.15) is 6.04 Å². The molecule has 2 unspecified atom stereocenters. The summed E-state index contributed by atoms with van der Waals surface area (Å²) in [5.41, 5.74) is 0.586. The molecule has 1 aromatic carbocycles. The average Bonchev–Trinajstić information content (AvgIpc) is 2.60. The summed E-state index contributed by atoms with van der Waals surface area (Å²) < 4.78 is 0. The van der Waals surface area contributed by atoms with E-state index >= 15 is 0 Å². The first-order valence-electron chi connectivity index (χ1n) is 8.48. The molecule has 5 heteroatoms. The quantitative estimate of drug-likeness (QED) is 0.748. The Morgan fingerprint density at radius 1 is 1.17 bits per heavy atom. The lowest BCUT2D eigenvalue weighted by Crippen LogP contribution is -2.54. The molecule has 0 aliphatic carbocycles. The zero-order valence-corrected chi connectivity index (χ0v) is 14.0. The van der Waals surface area contributed by atoms with Gasteiger partial charge >= 0.3 is 0 Å². The van der Waals surface area contributed by atoms with Crippen molar-refractivity contribution in [2.75, 3.05) is 13.1 Å². The van der Waals surface area contributed by atoms with Crippen molar-refractivity contribution >= 4 is 11.8 Å². The van der Waals surface area contributed by atoms with Crippen LogP contribution in [0.3, 0.4) is 0 Å². The minimum absolute atomic E-state index is 0.0736. The zero-order chi connectivity index (χ0) is 16.7. The summed E-state index contributed by atoms with van der Waals surface area (Å²) in [5.74, 6) is -0.0862. The van der Waals surface area contributed by atoms with E-state index in [1.54, 1.807) is 12.1 Å². The lowest BCUT2D eigenvalue weighted by atomic mass is 9.89. The van der Waals surface area contributed by atoms with Crippen molar-refractivity contribution in [2.45, 2.75) is 45.2 Å². The summed E-state index contributed by atoms with van der Waals surface area (Å²) in [6.07, 6.45) is 2.67. The monoisotopic (exact) mass is 317 g/mol. The van der Waals surface area contributed by atoms with Gasteiger partial charge in [-0.05, 0) is 57.3 Å². The number of piperidine rings is 1. The Balaban J connectivity index is 2.09. The van der Waals surface area contributed by atoms with Gasteiger partial charge in [0.05, 0.1) is 0 Å². The van der Waals surface area contributed by atoms with Crippen molar-refractivity contribution in [3.63, 3.8) is 0 Å². The molecule has 126 valence electrons. The summed E-state index contributed by atoms with van der Waals surface area (Å²) in [7, 11) is 0. The number of hydrogen-bond donors (Lipinski definition) is 3. The topological polar surface area (TPSA) is 70.2 Å². The molecule has 1 fully saturated rings. The second-order valence-corrected chi connectivity index (χ2v) is 6.22. The SMILES string of the molecule is CCC(C)NC(=O)C(NC(=O)c1ccccc1)C1CCNCC1. The molecule has 0 saturated carbocycles. The third kappa shape index (κ3) is 5.06. The molecule has 3 N–H and O–H groups in total. The van der Waals surface area contributed by atoms with Crippen molar-refractivity contribution in [3.8, 4) is 0 Å². The first-order valence-corrected chi connectivity index (χ1v) is 8.48. The molecule has 5 nitrogen and oxygen atoms in total. The minimum Gasteiger partial charge on any atom is -0.352 e. The Labute approximate surface area is 138 Å². The second-order valence-electron chi connectivity index (χ2n) is 6.22. The van der Waals surface area contributed by atoms with Crippen molar-refractivity contribution < 1.29 is 9.59 Å². The largest absolute Gasteiger partial charge is 0.352 e. The van der Waals surface area contributed by atoms with Crippen molar-refractivity contribution in [3.05, 3.63) is 35.9 Å². The molecule has 0 radical (unpaired) electrons. The van der Waals surface area contributed by atoms with Crippen LogP contribution in [0.2, 0.25) is 0 Å². The summed E-state index contributed by atoms with van der Waals surface area (Å²) in [6.45, 7) is 5.79. The molecule has 23 heavy (non-hydrogen) atoms. The molecule has 0 spiro atoms. The van der Waals surface area contributed by atoms with Gasteiger partial charge in [-0.25, -0.2) is 0 Å². The summed E-state index contributed by atoms with van der Waals surface area (Å²) in [4.78, 5) is 25.1. The molecule has 1 aliphatic heterocycles. The van der Waals surface area contributed by atoms with Crippen molar-refractivity contribution in [1.29, 1.82) is 0 Å². The van der Waals surface area contributed by atoms with E-state index in [1.165, 1.54) is 0 Å². The fourth-order valence-corrected chi connectivity index (χ4v) is 2.82. The molecule has 0 bridgehead atoms. The van der Waals surface area contributed by atoms with Crippen LogP contribution >= 0.6 is 0 Å². The highest BCUT2D eigenvalue weighted by Crippen LogP contribution is 2.17. The lowest BCUT2D eigenvalue weighted by Gasteiger charge is -2.31. The predicted octanol–water partition coefficient (Wildman–Crippen LogP) is 1.70. The number of nitrogens with one attached hydrogen (secondary N) is 3. The first kappa shape index (κ1) is 17.5. The van der Waals surface area contributed by atoms with Crippen LogP contribution in [-0.2, 0) is 4.79 Å². The number of amides is 2. The third-order valence-electron chi connectivity index (χ3n) is 4.46. The van der Waals surface area contributed by atoms with Gasteiger partial charge in [-0.1, -0.05) is 25.1 Å². The highest BCUT2D eigenvalue weighted by atomic mass is 16.2. The zero-order valence-electron chi connectivity index (χ0n) is 14.0. The van der Waals surface area contributed by atoms with Crippen LogP contribution < -0.4 is 16.0 Å². The van der Waals surface area contributed by atoms with Crippen LogP contribution in [0.25, 0.3) is 0 Å². The minimum atomic E-state index is -0.473. The highest BCUT2D eigenvalue weighted by Gasteiger charge is 2.31. The Kier molecular flexibility index (Phi) is 6.59. The van der Waals surface area contributed by atoms with Crippen LogP contribution in [0, 0.1) is 5.92 Å².